The number of aromatic nitrogens is 2. The zero-order chi connectivity index (χ0) is 23.4. The third-order valence-electron chi connectivity index (χ3n) is 4.75. The Morgan fingerprint density at radius 2 is 1.88 bits per heavy atom. The maximum absolute atomic E-state index is 13.1. The van der Waals surface area contributed by atoms with Crippen LogP contribution in [0.1, 0.15) is 23.0 Å². The van der Waals surface area contributed by atoms with Gasteiger partial charge in [0.05, 0.1) is 12.2 Å². The van der Waals surface area contributed by atoms with Gasteiger partial charge in [0.25, 0.3) is 5.91 Å². The van der Waals surface area contributed by atoms with Crippen molar-refractivity contribution in [2.45, 2.75) is 13.5 Å². The number of pyridine rings is 1. The number of benzene rings is 1. The lowest BCUT2D eigenvalue weighted by molar-refractivity contribution is -0.119. The first-order valence-corrected chi connectivity index (χ1v) is 9.95. The van der Waals surface area contributed by atoms with Crippen molar-refractivity contribution in [2.75, 3.05) is 32.1 Å². The summed E-state index contributed by atoms with van der Waals surface area (Å²) in [5, 5.41) is 12.9. The fourth-order valence-corrected chi connectivity index (χ4v) is 3.21. The van der Waals surface area contributed by atoms with Gasteiger partial charge in [-0.3, -0.25) is 18.8 Å². The van der Waals surface area contributed by atoms with Crippen LogP contribution in [0, 0.1) is 5.82 Å². The van der Waals surface area contributed by atoms with Gasteiger partial charge < -0.3 is 20.2 Å². The van der Waals surface area contributed by atoms with Crippen molar-refractivity contribution < 1.29 is 19.1 Å². The number of carbonyl (C=O) groups is 2. The predicted octanol–water partition coefficient (Wildman–Crippen LogP) is 1.38. The lowest BCUT2D eigenvalue weighted by Gasteiger charge is -2.24. The molecule has 0 saturated carbocycles. The molecule has 2 heterocycles. The predicted molar refractivity (Wildman–Crippen MR) is 117 cm³/mol. The van der Waals surface area contributed by atoms with E-state index >= 15 is 0 Å². The molecule has 2 N–H and O–H groups in total. The number of nitrogens with one attached hydrogen (secondary N) is 1. The Morgan fingerprint density at radius 1 is 1.19 bits per heavy atom. The van der Waals surface area contributed by atoms with Gasteiger partial charge in [0.15, 0.2) is 11.3 Å². The molecule has 0 radical (unpaired) electrons. The minimum Gasteiger partial charge on any atom is -0.501 e. The summed E-state index contributed by atoms with van der Waals surface area (Å²) in [5.74, 6) is -2.20. The van der Waals surface area contributed by atoms with Gasteiger partial charge in [0.1, 0.15) is 5.82 Å². The third-order valence-corrected chi connectivity index (χ3v) is 4.75. The van der Waals surface area contributed by atoms with Crippen LogP contribution in [0.2, 0.25) is 0 Å². The largest absolute Gasteiger partial charge is 0.501 e. The van der Waals surface area contributed by atoms with Gasteiger partial charge in [-0.2, -0.15) is 0 Å². The number of likely N-dealkylation sites (N-methyl/N-ethyl adjacent to an activating group) is 2. The number of hydrogen-bond donors (Lipinski definition) is 2. The monoisotopic (exact) mass is 441 g/mol. The molecule has 0 aliphatic carbocycles. The van der Waals surface area contributed by atoms with E-state index in [-0.39, 0.29) is 24.6 Å². The average molecular weight is 441 g/mol. The summed E-state index contributed by atoms with van der Waals surface area (Å²) in [6.45, 7) is 2.28. The highest BCUT2D eigenvalue weighted by molar-refractivity contribution is 5.99. The highest BCUT2D eigenvalue weighted by Gasteiger charge is 2.23. The van der Waals surface area contributed by atoms with Gasteiger partial charge in [-0.25, -0.2) is 9.37 Å². The smallest absolute Gasteiger partial charge is 0.300 e. The maximum atomic E-state index is 13.1. The van der Waals surface area contributed by atoms with E-state index in [1.165, 1.54) is 35.4 Å². The van der Waals surface area contributed by atoms with Crippen molar-refractivity contribution in [3.63, 3.8) is 0 Å². The van der Waals surface area contributed by atoms with Gasteiger partial charge in [0.2, 0.25) is 11.7 Å². The van der Waals surface area contributed by atoms with Crippen LogP contribution in [-0.2, 0) is 11.3 Å². The Morgan fingerprint density at radius 3 is 2.50 bits per heavy atom. The van der Waals surface area contributed by atoms with E-state index in [2.05, 4.69) is 10.3 Å². The standard InChI is InChI=1S/C22H24FN5O4/c1-4-27(17(29)13-26(2)3)16-6-5-11-28-20(16)25-18(19(30)22(28)32)21(31)24-12-14-7-9-15(23)10-8-14/h5-11,30H,4,12-13H2,1-3H3,(H,24,31). The van der Waals surface area contributed by atoms with Crippen LogP contribution in [0.25, 0.3) is 5.65 Å². The fourth-order valence-electron chi connectivity index (χ4n) is 3.21. The molecule has 0 saturated heterocycles. The number of carbonyl (C=O) groups excluding carboxylic acids is 2. The highest BCUT2D eigenvalue weighted by atomic mass is 19.1. The summed E-state index contributed by atoms with van der Waals surface area (Å²) < 4.78 is 14.1. The molecule has 10 heteroatoms. The number of aromatic hydroxyl groups is 1. The zero-order valence-electron chi connectivity index (χ0n) is 18.0. The molecular formula is C22H24FN5O4. The summed E-state index contributed by atoms with van der Waals surface area (Å²) >= 11 is 0. The number of fused-ring (bicyclic) bond motifs is 1. The van der Waals surface area contributed by atoms with Gasteiger partial charge in [-0.15, -0.1) is 0 Å². The normalized spacial score (nSPS) is 11.0. The van der Waals surface area contributed by atoms with Crippen LogP contribution in [-0.4, -0.2) is 58.4 Å². The van der Waals surface area contributed by atoms with Gasteiger partial charge >= 0.3 is 5.56 Å². The van der Waals surface area contributed by atoms with E-state index in [0.29, 0.717) is 17.8 Å². The first kappa shape index (κ1) is 22.9. The molecule has 1 aromatic carbocycles. The summed E-state index contributed by atoms with van der Waals surface area (Å²) in [7, 11) is 3.53. The minimum absolute atomic E-state index is 0.0453. The van der Waals surface area contributed by atoms with E-state index in [9.17, 15) is 23.9 Å². The molecule has 0 aliphatic rings. The molecule has 2 amide bonds. The van der Waals surface area contributed by atoms with Gasteiger partial charge in [0, 0.05) is 19.3 Å². The molecule has 0 atom stereocenters. The van der Waals surface area contributed by atoms with Crippen molar-refractivity contribution in [3.05, 3.63) is 70.0 Å². The maximum Gasteiger partial charge on any atom is 0.300 e. The lowest BCUT2D eigenvalue weighted by Crippen LogP contribution is -2.38. The van der Waals surface area contributed by atoms with E-state index in [1.54, 1.807) is 38.1 Å². The molecule has 2 aromatic heterocycles. The average Bonchev–Trinajstić information content (AvgIpc) is 2.76. The summed E-state index contributed by atoms with van der Waals surface area (Å²) in [4.78, 5) is 45.5. The molecule has 3 rings (SSSR count). The number of rotatable bonds is 7. The summed E-state index contributed by atoms with van der Waals surface area (Å²) in [5.41, 5.74) is -0.257. The van der Waals surface area contributed by atoms with E-state index in [0.717, 1.165) is 4.40 Å². The lowest BCUT2D eigenvalue weighted by atomic mass is 10.2. The van der Waals surface area contributed by atoms with E-state index in [1.807, 2.05) is 0 Å². The Hall–Kier alpha value is -3.79. The minimum atomic E-state index is -0.833. The van der Waals surface area contributed by atoms with E-state index in [4.69, 9.17) is 0 Å². The van der Waals surface area contributed by atoms with Crippen molar-refractivity contribution in [3.8, 4) is 5.75 Å². The first-order valence-electron chi connectivity index (χ1n) is 9.95. The Bertz CT molecular complexity index is 1210. The highest BCUT2D eigenvalue weighted by Crippen LogP contribution is 2.22. The number of nitrogens with zero attached hydrogens (tertiary/aromatic N) is 4. The van der Waals surface area contributed by atoms with Crippen LogP contribution >= 0.6 is 0 Å². The quantitative estimate of drug-likeness (QED) is 0.574. The zero-order valence-corrected chi connectivity index (χ0v) is 18.0. The van der Waals surface area contributed by atoms with Crippen molar-refractivity contribution in [1.29, 1.82) is 0 Å². The molecule has 168 valence electrons. The Kier molecular flexibility index (Phi) is 6.84. The number of hydrogen-bond acceptors (Lipinski definition) is 6. The summed E-state index contributed by atoms with van der Waals surface area (Å²) in [6, 6.07) is 8.71. The van der Waals surface area contributed by atoms with Crippen molar-refractivity contribution in [2.24, 2.45) is 0 Å². The van der Waals surface area contributed by atoms with Crippen LogP contribution in [0.4, 0.5) is 10.1 Å². The van der Waals surface area contributed by atoms with Crippen molar-refractivity contribution in [1.82, 2.24) is 19.6 Å². The second-order valence-corrected chi connectivity index (χ2v) is 7.39. The Balaban J connectivity index is 2.01. The molecule has 0 unspecified atom stereocenters. The van der Waals surface area contributed by atoms with E-state index < -0.39 is 28.7 Å². The van der Waals surface area contributed by atoms with Crippen LogP contribution in [0.15, 0.2) is 47.4 Å². The molecule has 32 heavy (non-hydrogen) atoms. The van der Waals surface area contributed by atoms with Crippen molar-refractivity contribution >= 4 is 23.1 Å². The fraction of sp³-hybridized carbons (Fsp3) is 0.273. The SMILES string of the molecule is CCN(C(=O)CN(C)C)c1cccn2c(=O)c(O)c(C(=O)NCc3ccc(F)cc3)nc12. The molecule has 0 spiro atoms. The molecule has 3 aromatic rings. The molecule has 0 aliphatic heterocycles. The Labute approximate surface area is 183 Å². The number of halogens is 1. The number of amides is 2. The van der Waals surface area contributed by atoms with Crippen LogP contribution < -0.4 is 15.8 Å². The molecule has 0 bridgehead atoms. The van der Waals surface area contributed by atoms with Gasteiger partial charge in [-0.05, 0) is 50.8 Å². The molecule has 9 nitrogen and oxygen atoms in total. The molecule has 0 fully saturated rings. The number of anilines is 1. The summed E-state index contributed by atoms with van der Waals surface area (Å²) in [6.07, 6.45) is 1.40. The second kappa shape index (κ2) is 9.56. The van der Waals surface area contributed by atoms with Gasteiger partial charge in [-0.1, -0.05) is 12.1 Å². The topological polar surface area (TPSA) is 107 Å². The second-order valence-electron chi connectivity index (χ2n) is 7.39. The van der Waals surface area contributed by atoms with Crippen LogP contribution in [0.3, 0.4) is 0 Å². The van der Waals surface area contributed by atoms with Crippen LogP contribution in [0.5, 0.6) is 5.75 Å². The first-order chi connectivity index (χ1) is 15.2. The third kappa shape index (κ3) is 4.75. The molecular weight excluding hydrogens is 417 g/mol.